The minimum atomic E-state index is 1.32. The van der Waals surface area contributed by atoms with Crippen LogP contribution < -0.4 is 0 Å². The van der Waals surface area contributed by atoms with Crippen molar-refractivity contribution >= 4 is 0 Å². The SMILES string of the molecule is CCCCCCCCCCCCCCCCCC[N+](C)(CC)CCCCCCCCCCCCCCCCCC. The van der Waals surface area contributed by atoms with E-state index < -0.39 is 0 Å². The van der Waals surface area contributed by atoms with Crippen molar-refractivity contribution in [2.45, 2.75) is 226 Å². The van der Waals surface area contributed by atoms with Crippen LogP contribution in [-0.4, -0.2) is 31.2 Å². The first-order valence-corrected chi connectivity index (χ1v) is 19.5. The zero-order valence-electron chi connectivity index (χ0n) is 29.2. The van der Waals surface area contributed by atoms with Crippen LogP contribution in [0.1, 0.15) is 226 Å². The number of nitrogens with zero attached hydrogens (tertiary/aromatic N) is 1. The van der Waals surface area contributed by atoms with Crippen LogP contribution in [-0.2, 0) is 0 Å². The molecule has 0 amide bonds. The Bertz CT molecular complexity index is 408. The van der Waals surface area contributed by atoms with Crippen LogP contribution in [0, 0.1) is 0 Å². The molecule has 0 heterocycles. The van der Waals surface area contributed by atoms with E-state index in [4.69, 9.17) is 0 Å². The number of quaternary nitrogens is 1. The van der Waals surface area contributed by atoms with Gasteiger partial charge in [-0.2, -0.15) is 0 Å². The molecule has 0 unspecified atom stereocenters. The molecule has 1 nitrogen and oxygen atoms in total. The molecule has 0 saturated carbocycles. The van der Waals surface area contributed by atoms with E-state index in [1.54, 1.807) is 0 Å². The zero-order chi connectivity index (χ0) is 29.2. The number of unbranched alkanes of at least 4 members (excludes halogenated alkanes) is 30. The van der Waals surface area contributed by atoms with Crippen LogP contribution in [0.2, 0.25) is 0 Å². The molecule has 0 N–H and O–H groups in total. The zero-order valence-corrected chi connectivity index (χ0v) is 29.2. The van der Waals surface area contributed by atoms with Crippen molar-refractivity contribution in [2.75, 3.05) is 26.7 Å². The summed E-state index contributed by atoms with van der Waals surface area (Å²) < 4.78 is 1.32. The van der Waals surface area contributed by atoms with E-state index in [9.17, 15) is 0 Å². The highest BCUT2D eigenvalue weighted by atomic mass is 15.3. The standard InChI is InChI=1S/C39H82N/c1-5-8-10-12-14-16-18-20-22-24-26-28-30-32-34-36-38-40(4,7-3)39-37-35-33-31-29-27-25-23-21-19-17-15-13-11-9-6-2/h5-39H2,1-4H3/q+1. The van der Waals surface area contributed by atoms with Crippen molar-refractivity contribution in [2.24, 2.45) is 0 Å². The molecular weight excluding hydrogens is 482 g/mol. The van der Waals surface area contributed by atoms with Crippen molar-refractivity contribution in [3.8, 4) is 0 Å². The fourth-order valence-corrected chi connectivity index (χ4v) is 6.51. The first-order valence-electron chi connectivity index (χ1n) is 19.5. The Morgan fingerprint density at radius 1 is 0.250 bits per heavy atom. The Hall–Kier alpha value is -0.0400. The highest BCUT2D eigenvalue weighted by Crippen LogP contribution is 2.17. The van der Waals surface area contributed by atoms with E-state index >= 15 is 0 Å². The van der Waals surface area contributed by atoms with Gasteiger partial charge in [0, 0.05) is 0 Å². The second-order valence-corrected chi connectivity index (χ2v) is 14.0. The van der Waals surface area contributed by atoms with E-state index in [2.05, 4.69) is 27.8 Å². The Morgan fingerprint density at radius 2 is 0.425 bits per heavy atom. The van der Waals surface area contributed by atoms with Gasteiger partial charge in [-0.3, -0.25) is 0 Å². The fourth-order valence-electron chi connectivity index (χ4n) is 6.51. The van der Waals surface area contributed by atoms with Gasteiger partial charge in [-0.15, -0.1) is 0 Å². The molecule has 0 fully saturated rings. The molecule has 0 aromatic rings. The summed E-state index contributed by atoms with van der Waals surface area (Å²) in [6, 6.07) is 0. The minimum Gasteiger partial charge on any atom is -0.326 e. The summed E-state index contributed by atoms with van der Waals surface area (Å²) in [5.41, 5.74) is 0. The lowest BCUT2D eigenvalue weighted by molar-refractivity contribution is -0.908. The summed E-state index contributed by atoms with van der Waals surface area (Å²) >= 11 is 0. The topological polar surface area (TPSA) is 0 Å². The van der Waals surface area contributed by atoms with E-state index in [0.717, 1.165) is 0 Å². The van der Waals surface area contributed by atoms with Gasteiger partial charge in [0.25, 0.3) is 0 Å². The van der Waals surface area contributed by atoms with Crippen molar-refractivity contribution < 1.29 is 4.48 Å². The second kappa shape index (κ2) is 33.5. The highest BCUT2D eigenvalue weighted by molar-refractivity contribution is 4.52. The third kappa shape index (κ3) is 30.9. The molecule has 0 aliphatic carbocycles. The van der Waals surface area contributed by atoms with Gasteiger partial charge in [-0.1, -0.05) is 194 Å². The van der Waals surface area contributed by atoms with E-state index in [1.807, 2.05) is 0 Å². The van der Waals surface area contributed by atoms with Gasteiger partial charge in [-0.25, -0.2) is 0 Å². The van der Waals surface area contributed by atoms with Gasteiger partial charge in [0.05, 0.1) is 26.7 Å². The molecule has 0 radical (unpaired) electrons. The van der Waals surface area contributed by atoms with Gasteiger partial charge in [0.15, 0.2) is 0 Å². The van der Waals surface area contributed by atoms with Crippen LogP contribution in [0.4, 0.5) is 0 Å². The van der Waals surface area contributed by atoms with Gasteiger partial charge < -0.3 is 4.48 Å². The van der Waals surface area contributed by atoms with Crippen LogP contribution in [0.5, 0.6) is 0 Å². The first kappa shape index (κ1) is 40.0. The summed E-state index contributed by atoms with van der Waals surface area (Å²) in [5.74, 6) is 0. The van der Waals surface area contributed by atoms with E-state index in [-0.39, 0.29) is 0 Å². The van der Waals surface area contributed by atoms with Crippen molar-refractivity contribution in [1.29, 1.82) is 0 Å². The molecule has 0 spiro atoms. The molecule has 1 heteroatoms. The second-order valence-electron chi connectivity index (χ2n) is 14.0. The van der Waals surface area contributed by atoms with Crippen molar-refractivity contribution in [3.63, 3.8) is 0 Å². The van der Waals surface area contributed by atoms with Crippen LogP contribution in [0.15, 0.2) is 0 Å². The summed E-state index contributed by atoms with van der Waals surface area (Å²) in [5, 5.41) is 0. The number of hydrogen-bond donors (Lipinski definition) is 0. The van der Waals surface area contributed by atoms with E-state index in [1.165, 1.54) is 230 Å². The largest absolute Gasteiger partial charge is 0.326 e. The first-order chi connectivity index (χ1) is 19.7. The third-order valence-corrected chi connectivity index (χ3v) is 9.87. The monoisotopic (exact) mass is 565 g/mol. The molecule has 0 aromatic carbocycles. The van der Waals surface area contributed by atoms with Gasteiger partial charge in [-0.05, 0) is 32.6 Å². The van der Waals surface area contributed by atoms with Crippen LogP contribution in [0.3, 0.4) is 0 Å². The van der Waals surface area contributed by atoms with Gasteiger partial charge >= 0.3 is 0 Å². The molecule has 40 heavy (non-hydrogen) atoms. The maximum Gasteiger partial charge on any atom is 0.0784 e. The molecular formula is C39H82N+. The average Bonchev–Trinajstić information content (AvgIpc) is 2.96. The Kier molecular flexibility index (Phi) is 33.4. The van der Waals surface area contributed by atoms with Crippen molar-refractivity contribution in [3.05, 3.63) is 0 Å². The molecule has 0 atom stereocenters. The lowest BCUT2D eigenvalue weighted by Crippen LogP contribution is -2.45. The predicted octanol–water partition coefficient (Wildman–Crippen LogP) is 14.0. The summed E-state index contributed by atoms with van der Waals surface area (Å²) in [4.78, 5) is 0. The number of rotatable bonds is 35. The quantitative estimate of drug-likeness (QED) is 0.0530. The fraction of sp³-hybridized carbons (Fsp3) is 1.00. The minimum absolute atomic E-state index is 1.32. The smallest absolute Gasteiger partial charge is 0.0784 e. The maximum atomic E-state index is 2.52. The Labute approximate surface area is 257 Å². The summed E-state index contributed by atoms with van der Waals surface area (Å²) in [7, 11) is 2.52. The molecule has 0 saturated heterocycles. The maximum absolute atomic E-state index is 2.52. The summed E-state index contributed by atoms with van der Waals surface area (Å²) in [6.07, 6.45) is 47.0. The Balaban J connectivity index is 3.38. The molecule has 0 aliphatic rings. The molecule has 0 rings (SSSR count). The lowest BCUT2D eigenvalue weighted by atomic mass is 10.0. The Morgan fingerprint density at radius 3 is 0.600 bits per heavy atom. The van der Waals surface area contributed by atoms with Crippen molar-refractivity contribution in [1.82, 2.24) is 0 Å². The van der Waals surface area contributed by atoms with Gasteiger partial charge in [0.1, 0.15) is 0 Å². The molecule has 0 bridgehead atoms. The predicted molar refractivity (Wildman–Crippen MR) is 186 cm³/mol. The number of hydrogen-bond acceptors (Lipinski definition) is 0. The molecule has 0 aromatic heterocycles. The highest BCUT2D eigenvalue weighted by Gasteiger charge is 2.17. The van der Waals surface area contributed by atoms with Crippen LogP contribution >= 0.6 is 0 Å². The lowest BCUT2D eigenvalue weighted by Gasteiger charge is -2.33. The summed E-state index contributed by atoms with van der Waals surface area (Å²) in [6.45, 7) is 11.2. The van der Waals surface area contributed by atoms with E-state index in [0.29, 0.717) is 0 Å². The third-order valence-electron chi connectivity index (χ3n) is 9.87. The molecule has 0 aliphatic heterocycles. The normalized spacial score (nSPS) is 12.0. The van der Waals surface area contributed by atoms with Gasteiger partial charge in [0.2, 0.25) is 0 Å². The van der Waals surface area contributed by atoms with Crippen LogP contribution in [0.25, 0.3) is 0 Å². The molecule has 242 valence electrons. The average molecular weight is 565 g/mol.